The van der Waals surface area contributed by atoms with E-state index in [-0.39, 0.29) is 11.8 Å². The van der Waals surface area contributed by atoms with Gasteiger partial charge in [0.2, 0.25) is 0 Å². The Morgan fingerprint density at radius 1 is 1.32 bits per heavy atom. The highest BCUT2D eigenvalue weighted by Crippen LogP contribution is 2.09. The second kappa shape index (κ2) is 5.14. The van der Waals surface area contributed by atoms with Gasteiger partial charge in [-0.05, 0) is 7.05 Å². The van der Waals surface area contributed by atoms with Gasteiger partial charge in [0, 0.05) is 44.1 Å². The number of aromatic nitrogens is 2. The van der Waals surface area contributed by atoms with Crippen LogP contribution in [0.1, 0.15) is 0 Å². The van der Waals surface area contributed by atoms with Crippen LogP contribution in [0.2, 0.25) is 0 Å². The Morgan fingerprint density at radius 3 is 2.89 bits per heavy atom. The Labute approximate surface area is 111 Å². The van der Waals surface area contributed by atoms with Crippen LogP contribution in [0.15, 0.2) is 17.5 Å². The smallest absolute Gasteiger partial charge is 0.255 e. The Balaban J connectivity index is 1.76. The van der Waals surface area contributed by atoms with Crippen LogP contribution in [0.3, 0.4) is 0 Å². The zero-order valence-electron chi connectivity index (χ0n) is 11.0. The highest BCUT2D eigenvalue weighted by Gasteiger charge is 2.23. The largest absolute Gasteiger partial charge is 0.304 e. The molecule has 1 unspecified atom stereocenters. The van der Waals surface area contributed by atoms with Gasteiger partial charge in [-0.3, -0.25) is 9.69 Å². The van der Waals surface area contributed by atoms with Gasteiger partial charge < -0.3 is 4.90 Å². The molecule has 1 atom stereocenters. The van der Waals surface area contributed by atoms with E-state index in [0.29, 0.717) is 5.49 Å². The molecule has 0 aromatic carbocycles. The number of hydrogen-bond donors (Lipinski definition) is 0. The molecular formula is C13H17N5O. The van der Waals surface area contributed by atoms with Gasteiger partial charge in [-0.25, -0.2) is 9.97 Å². The van der Waals surface area contributed by atoms with Crippen molar-refractivity contribution < 1.29 is 4.79 Å². The molecular weight excluding hydrogens is 242 g/mol. The number of piperazine rings is 1. The van der Waals surface area contributed by atoms with E-state index in [9.17, 15) is 4.79 Å². The first-order chi connectivity index (χ1) is 9.22. The van der Waals surface area contributed by atoms with E-state index in [1.54, 1.807) is 6.20 Å². The molecule has 6 heteroatoms. The number of carbonyl (C=O) groups excluding carboxylic acids is 1. The first kappa shape index (κ1) is 12.4. The minimum atomic E-state index is -0.165. The summed E-state index contributed by atoms with van der Waals surface area (Å²) in [6.45, 7) is 4.86. The van der Waals surface area contributed by atoms with Gasteiger partial charge in [0.05, 0.1) is 5.92 Å². The van der Waals surface area contributed by atoms with Gasteiger partial charge in [0.15, 0.2) is 5.49 Å². The lowest BCUT2D eigenvalue weighted by Gasteiger charge is -2.33. The molecule has 1 saturated heterocycles. The van der Waals surface area contributed by atoms with Crippen LogP contribution in [-0.2, 0) is 4.79 Å². The minimum Gasteiger partial charge on any atom is -0.304 e. The second-order valence-corrected chi connectivity index (χ2v) is 5.13. The molecule has 2 aliphatic heterocycles. The van der Waals surface area contributed by atoms with Gasteiger partial charge in [-0.15, -0.1) is 0 Å². The van der Waals surface area contributed by atoms with E-state index < -0.39 is 0 Å². The van der Waals surface area contributed by atoms with Gasteiger partial charge in [-0.2, -0.15) is 4.99 Å². The highest BCUT2D eigenvalue weighted by molar-refractivity contribution is 5.86. The third-order valence-corrected chi connectivity index (χ3v) is 3.68. The first-order valence-corrected chi connectivity index (χ1v) is 6.54. The maximum Gasteiger partial charge on any atom is 0.255 e. The SMILES string of the molecule is CN1CCN(CC2C=c3cncnc3=NC2=O)CC1. The van der Waals surface area contributed by atoms with Crippen molar-refractivity contribution in [2.24, 2.45) is 10.9 Å². The number of likely N-dealkylation sites (N-methyl/N-ethyl adjacent to an activating group) is 1. The molecule has 0 spiro atoms. The second-order valence-electron chi connectivity index (χ2n) is 5.13. The molecule has 6 nitrogen and oxygen atoms in total. The summed E-state index contributed by atoms with van der Waals surface area (Å²) in [5, 5.41) is 0.862. The Kier molecular flexibility index (Phi) is 3.35. The fourth-order valence-electron chi connectivity index (χ4n) is 2.46. The predicted octanol–water partition coefficient (Wildman–Crippen LogP) is -1.72. The maximum atomic E-state index is 12.0. The molecule has 2 aliphatic rings. The lowest BCUT2D eigenvalue weighted by Crippen LogP contribution is -2.48. The monoisotopic (exact) mass is 259 g/mol. The van der Waals surface area contributed by atoms with E-state index in [1.165, 1.54) is 6.33 Å². The van der Waals surface area contributed by atoms with E-state index >= 15 is 0 Å². The first-order valence-electron chi connectivity index (χ1n) is 6.54. The van der Waals surface area contributed by atoms with Gasteiger partial charge >= 0.3 is 0 Å². The lowest BCUT2D eigenvalue weighted by molar-refractivity contribution is -0.120. The molecule has 0 radical (unpaired) electrons. The number of hydrogen-bond acceptors (Lipinski definition) is 5. The van der Waals surface area contributed by atoms with Gasteiger partial charge in [0.1, 0.15) is 6.33 Å². The molecule has 3 rings (SSSR count). The number of amides is 1. The summed E-state index contributed by atoms with van der Waals surface area (Å²) in [6.07, 6.45) is 5.09. The van der Waals surface area contributed by atoms with Crippen molar-refractivity contribution in [2.45, 2.75) is 0 Å². The zero-order valence-corrected chi connectivity index (χ0v) is 11.0. The molecule has 1 aromatic heterocycles. The fraction of sp³-hybridized carbons (Fsp3) is 0.538. The number of fused-ring (bicyclic) bond motifs is 1. The average molecular weight is 259 g/mol. The third kappa shape index (κ3) is 2.69. The Hall–Kier alpha value is -1.66. The Bertz CT molecular complexity index is 591. The summed E-state index contributed by atoms with van der Waals surface area (Å²) >= 11 is 0. The molecule has 100 valence electrons. The van der Waals surface area contributed by atoms with Crippen LogP contribution in [0.4, 0.5) is 0 Å². The molecule has 19 heavy (non-hydrogen) atoms. The van der Waals surface area contributed by atoms with E-state index in [0.717, 1.165) is 37.9 Å². The zero-order chi connectivity index (χ0) is 13.2. The average Bonchev–Trinajstić information content (AvgIpc) is 2.42. The summed E-state index contributed by atoms with van der Waals surface area (Å²) in [5.41, 5.74) is 0.495. The quantitative estimate of drug-likeness (QED) is 0.632. The molecule has 0 aliphatic carbocycles. The number of carbonyl (C=O) groups is 1. The van der Waals surface area contributed by atoms with Crippen LogP contribution in [-0.4, -0.2) is 65.4 Å². The van der Waals surface area contributed by atoms with Crippen molar-refractivity contribution in [3.63, 3.8) is 0 Å². The molecule has 0 bridgehead atoms. The van der Waals surface area contributed by atoms with Crippen molar-refractivity contribution in [2.75, 3.05) is 39.8 Å². The van der Waals surface area contributed by atoms with Gasteiger partial charge in [-0.1, -0.05) is 6.08 Å². The summed E-state index contributed by atoms with van der Waals surface area (Å²) in [5.74, 6) is -0.257. The van der Waals surface area contributed by atoms with Crippen LogP contribution in [0, 0.1) is 5.92 Å². The van der Waals surface area contributed by atoms with Crippen molar-refractivity contribution >= 4 is 12.0 Å². The fourth-order valence-corrected chi connectivity index (χ4v) is 2.46. The molecule has 3 heterocycles. The third-order valence-electron chi connectivity index (χ3n) is 3.68. The van der Waals surface area contributed by atoms with Crippen molar-refractivity contribution in [1.82, 2.24) is 19.8 Å². The van der Waals surface area contributed by atoms with Crippen LogP contribution in [0.5, 0.6) is 0 Å². The number of rotatable bonds is 2. The topological polar surface area (TPSA) is 61.7 Å². The summed E-state index contributed by atoms with van der Waals surface area (Å²) in [4.78, 5) is 28.7. The normalized spacial score (nSPS) is 24.5. The van der Waals surface area contributed by atoms with Crippen molar-refractivity contribution in [3.05, 3.63) is 23.2 Å². The van der Waals surface area contributed by atoms with Crippen molar-refractivity contribution in [1.29, 1.82) is 0 Å². The molecule has 0 N–H and O–H groups in total. The highest BCUT2D eigenvalue weighted by atomic mass is 16.1. The standard InChI is InChI=1S/C13H17N5O/c1-17-2-4-18(5-3-17)8-11-6-10-7-14-9-15-12(10)16-13(11)19/h6-7,9,11H,2-5,8H2,1H3. The van der Waals surface area contributed by atoms with E-state index in [4.69, 9.17) is 0 Å². The maximum absolute atomic E-state index is 12.0. The molecule has 0 saturated carbocycles. The number of nitrogens with zero attached hydrogens (tertiary/aromatic N) is 5. The van der Waals surface area contributed by atoms with E-state index in [2.05, 4.69) is 31.8 Å². The molecule has 1 aromatic rings. The molecule has 1 amide bonds. The van der Waals surface area contributed by atoms with Gasteiger partial charge in [0.25, 0.3) is 5.91 Å². The predicted molar refractivity (Wildman–Crippen MR) is 69.7 cm³/mol. The lowest BCUT2D eigenvalue weighted by atomic mass is 10.0. The van der Waals surface area contributed by atoms with Crippen molar-refractivity contribution in [3.8, 4) is 0 Å². The summed E-state index contributed by atoms with van der Waals surface area (Å²) in [7, 11) is 2.12. The van der Waals surface area contributed by atoms with Crippen LogP contribution in [0.25, 0.3) is 6.08 Å². The van der Waals surface area contributed by atoms with E-state index in [1.807, 2.05) is 6.08 Å². The minimum absolute atomic E-state index is 0.0925. The summed E-state index contributed by atoms with van der Waals surface area (Å²) < 4.78 is 0. The molecule has 1 fully saturated rings. The van der Waals surface area contributed by atoms with Crippen LogP contribution >= 0.6 is 0 Å². The Morgan fingerprint density at radius 2 is 2.11 bits per heavy atom. The van der Waals surface area contributed by atoms with Crippen LogP contribution < -0.4 is 10.7 Å². The summed E-state index contributed by atoms with van der Waals surface area (Å²) in [6, 6.07) is 0.